The lowest BCUT2D eigenvalue weighted by molar-refractivity contribution is 0.0475. The zero-order chi connectivity index (χ0) is 22.8. The van der Waals surface area contributed by atoms with E-state index < -0.39 is 11.8 Å². The molecule has 1 atom stereocenters. The van der Waals surface area contributed by atoms with Crippen molar-refractivity contribution in [2.45, 2.75) is 25.6 Å². The van der Waals surface area contributed by atoms with Crippen LogP contribution in [0.2, 0.25) is 0 Å². The highest BCUT2D eigenvalue weighted by atomic mass is 32.1. The second-order valence-corrected chi connectivity index (χ2v) is 8.55. The van der Waals surface area contributed by atoms with E-state index in [4.69, 9.17) is 9.47 Å². The Bertz CT molecular complexity index is 1200. The van der Waals surface area contributed by atoms with Gasteiger partial charge in [-0.25, -0.2) is 4.98 Å². The number of fused-ring (bicyclic) bond motifs is 1. The van der Waals surface area contributed by atoms with E-state index in [1.807, 2.05) is 11.4 Å². The van der Waals surface area contributed by atoms with Gasteiger partial charge in [0.15, 0.2) is 0 Å². The van der Waals surface area contributed by atoms with Gasteiger partial charge in [-0.15, -0.1) is 11.3 Å². The number of carbonyl (C=O) groups is 3. The number of para-hydroxylation sites is 2. The van der Waals surface area contributed by atoms with Gasteiger partial charge >= 0.3 is 0 Å². The third-order valence-electron chi connectivity index (χ3n) is 5.64. The molecule has 3 aromatic rings. The standard InChI is InChI=1S/C24H21N3O5S/c28-22(26-20-5-1-2-6-21(20)32-12-16-13-33-14-25-16)15-7-8-18-19(10-15)24(30)27(23(18)29)11-17-4-3-9-31-17/h1-2,5-8,10,13-14,17H,3-4,9,11-12H2,(H,26,28). The molecular formula is C24H21N3O5S. The van der Waals surface area contributed by atoms with Gasteiger partial charge in [0.05, 0.1) is 40.7 Å². The molecule has 1 aromatic heterocycles. The molecule has 2 aliphatic rings. The van der Waals surface area contributed by atoms with Crippen LogP contribution in [0.15, 0.2) is 53.4 Å². The number of amides is 3. The van der Waals surface area contributed by atoms with Crippen LogP contribution in [0.25, 0.3) is 0 Å². The van der Waals surface area contributed by atoms with Gasteiger partial charge in [-0.1, -0.05) is 12.1 Å². The summed E-state index contributed by atoms with van der Waals surface area (Å²) in [7, 11) is 0. The van der Waals surface area contributed by atoms with E-state index in [-0.39, 0.29) is 36.3 Å². The molecule has 168 valence electrons. The van der Waals surface area contributed by atoms with Gasteiger partial charge in [-0.3, -0.25) is 19.3 Å². The number of nitrogens with zero attached hydrogens (tertiary/aromatic N) is 2. The minimum atomic E-state index is -0.402. The summed E-state index contributed by atoms with van der Waals surface area (Å²) in [6.45, 7) is 1.16. The number of imide groups is 1. The Hall–Kier alpha value is -3.56. The summed E-state index contributed by atoms with van der Waals surface area (Å²) in [5.74, 6) is -0.639. The molecule has 33 heavy (non-hydrogen) atoms. The summed E-state index contributed by atoms with van der Waals surface area (Å²) in [4.78, 5) is 43.9. The average molecular weight is 464 g/mol. The maximum atomic E-state index is 12.9. The van der Waals surface area contributed by atoms with Crippen molar-refractivity contribution < 1.29 is 23.9 Å². The van der Waals surface area contributed by atoms with E-state index in [0.717, 1.165) is 18.5 Å². The fourth-order valence-electron chi connectivity index (χ4n) is 3.94. The minimum Gasteiger partial charge on any atom is -0.485 e. The predicted octanol–water partition coefficient (Wildman–Crippen LogP) is 3.75. The molecule has 8 nitrogen and oxygen atoms in total. The van der Waals surface area contributed by atoms with Gasteiger partial charge in [0.2, 0.25) is 0 Å². The number of anilines is 1. The Morgan fingerprint density at radius 3 is 2.82 bits per heavy atom. The number of rotatable bonds is 7. The molecule has 1 unspecified atom stereocenters. The van der Waals surface area contributed by atoms with Crippen LogP contribution in [0.5, 0.6) is 5.75 Å². The second kappa shape index (κ2) is 9.13. The molecular weight excluding hydrogens is 442 g/mol. The van der Waals surface area contributed by atoms with Crippen LogP contribution in [0.3, 0.4) is 0 Å². The third-order valence-corrected chi connectivity index (χ3v) is 6.27. The molecule has 2 aliphatic heterocycles. The Morgan fingerprint density at radius 1 is 1.18 bits per heavy atom. The topological polar surface area (TPSA) is 97.8 Å². The third kappa shape index (κ3) is 4.37. The highest BCUT2D eigenvalue weighted by Crippen LogP contribution is 2.28. The molecule has 0 bridgehead atoms. The van der Waals surface area contributed by atoms with Crippen molar-refractivity contribution in [2.24, 2.45) is 0 Å². The number of ether oxygens (including phenoxy) is 2. The summed E-state index contributed by atoms with van der Waals surface area (Å²) in [5, 5.41) is 4.73. The van der Waals surface area contributed by atoms with Crippen LogP contribution in [0.4, 0.5) is 5.69 Å². The van der Waals surface area contributed by atoms with Gasteiger partial charge in [-0.2, -0.15) is 0 Å². The molecule has 2 aromatic carbocycles. The lowest BCUT2D eigenvalue weighted by Crippen LogP contribution is -2.36. The van der Waals surface area contributed by atoms with E-state index in [2.05, 4.69) is 10.3 Å². The first-order chi connectivity index (χ1) is 16.1. The first-order valence-electron chi connectivity index (χ1n) is 10.6. The van der Waals surface area contributed by atoms with Crippen LogP contribution in [-0.4, -0.2) is 46.9 Å². The molecule has 5 rings (SSSR count). The minimum absolute atomic E-state index is 0.129. The largest absolute Gasteiger partial charge is 0.485 e. The fraction of sp³-hybridized carbons (Fsp3) is 0.250. The van der Waals surface area contributed by atoms with Crippen LogP contribution in [0, 0.1) is 0 Å². The summed E-state index contributed by atoms with van der Waals surface area (Å²) in [6, 6.07) is 11.7. The van der Waals surface area contributed by atoms with Crippen LogP contribution in [-0.2, 0) is 11.3 Å². The van der Waals surface area contributed by atoms with E-state index >= 15 is 0 Å². The quantitative estimate of drug-likeness (QED) is 0.536. The average Bonchev–Trinajstić information content (AvgIpc) is 3.58. The first kappa shape index (κ1) is 21.3. The number of hydrogen-bond acceptors (Lipinski definition) is 7. The molecule has 3 amide bonds. The molecule has 9 heteroatoms. The van der Waals surface area contributed by atoms with Gasteiger partial charge in [-0.05, 0) is 43.2 Å². The number of nitrogens with one attached hydrogen (secondary N) is 1. The highest BCUT2D eigenvalue weighted by Gasteiger charge is 2.38. The maximum absolute atomic E-state index is 12.9. The molecule has 3 heterocycles. The molecule has 0 spiro atoms. The van der Waals surface area contributed by atoms with E-state index in [0.29, 0.717) is 23.6 Å². The fourth-order valence-corrected chi connectivity index (χ4v) is 4.48. The van der Waals surface area contributed by atoms with Crippen LogP contribution in [0.1, 0.15) is 49.6 Å². The number of carbonyl (C=O) groups excluding carboxylic acids is 3. The zero-order valence-electron chi connectivity index (χ0n) is 17.7. The van der Waals surface area contributed by atoms with E-state index in [9.17, 15) is 14.4 Å². The first-order valence-corrected chi connectivity index (χ1v) is 11.6. The van der Waals surface area contributed by atoms with Gasteiger partial charge in [0, 0.05) is 17.6 Å². The SMILES string of the molecule is O=C(Nc1ccccc1OCc1cscn1)c1ccc2c(c1)C(=O)N(CC1CCCO1)C2=O. The van der Waals surface area contributed by atoms with Crippen molar-refractivity contribution in [3.63, 3.8) is 0 Å². The Morgan fingerprint density at radius 2 is 2.03 bits per heavy atom. The molecule has 1 fully saturated rings. The van der Waals surface area contributed by atoms with E-state index in [1.165, 1.54) is 28.4 Å². The number of aromatic nitrogens is 1. The summed E-state index contributed by atoms with van der Waals surface area (Å²) in [6.07, 6.45) is 1.62. The summed E-state index contributed by atoms with van der Waals surface area (Å²) < 4.78 is 11.4. The lowest BCUT2D eigenvalue weighted by Gasteiger charge is -2.17. The Labute approximate surface area is 194 Å². The van der Waals surface area contributed by atoms with E-state index in [1.54, 1.807) is 29.8 Å². The molecule has 0 radical (unpaired) electrons. The van der Waals surface area contributed by atoms with Gasteiger partial charge < -0.3 is 14.8 Å². The van der Waals surface area contributed by atoms with Crippen molar-refractivity contribution in [3.8, 4) is 5.75 Å². The van der Waals surface area contributed by atoms with Crippen LogP contribution < -0.4 is 10.1 Å². The number of hydrogen-bond donors (Lipinski definition) is 1. The molecule has 0 aliphatic carbocycles. The highest BCUT2D eigenvalue weighted by molar-refractivity contribution is 7.07. The molecule has 1 saturated heterocycles. The lowest BCUT2D eigenvalue weighted by atomic mass is 10.1. The van der Waals surface area contributed by atoms with Crippen molar-refractivity contribution >= 4 is 34.7 Å². The summed E-state index contributed by atoms with van der Waals surface area (Å²) >= 11 is 1.48. The molecule has 0 saturated carbocycles. The smallest absolute Gasteiger partial charge is 0.261 e. The second-order valence-electron chi connectivity index (χ2n) is 7.84. The predicted molar refractivity (Wildman–Crippen MR) is 122 cm³/mol. The monoisotopic (exact) mass is 463 g/mol. The van der Waals surface area contributed by atoms with Crippen molar-refractivity contribution in [1.82, 2.24) is 9.88 Å². The molecule has 1 N–H and O–H groups in total. The van der Waals surface area contributed by atoms with Crippen molar-refractivity contribution in [3.05, 3.63) is 75.7 Å². The maximum Gasteiger partial charge on any atom is 0.261 e. The Kier molecular flexibility index (Phi) is 5.89. The van der Waals surface area contributed by atoms with Gasteiger partial charge in [0.25, 0.3) is 17.7 Å². The van der Waals surface area contributed by atoms with Crippen molar-refractivity contribution in [1.29, 1.82) is 0 Å². The van der Waals surface area contributed by atoms with Crippen LogP contribution >= 0.6 is 11.3 Å². The number of benzene rings is 2. The number of thiazole rings is 1. The van der Waals surface area contributed by atoms with Gasteiger partial charge in [0.1, 0.15) is 12.4 Å². The summed E-state index contributed by atoms with van der Waals surface area (Å²) in [5.41, 5.74) is 3.85. The Balaban J connectivity index is 1.31. The normalized spacial score (nSPS) is 17.3. The van der Waals surface area contributed by atoms with Crippen molar-refractivity contribution in [2.75, 3.05) is 18.5 Å². The zero-order valence-corrected chi connectivity index (χ0v) is 18.5.